The van der Waals surface area contributed by atoms with Crippen molar-refractivity contribution in [3.8, 4) is 5.75 Å². The largest absolute Gasteiger partial charge is 0.497 e. The van der Waals surface area contributed by atoms with E-state index in [4.69, 9.17) is 9.47 Å². The van der Waals surface area contributed by atoms with Crippen LogP contribution in [0.5, 0.6) is 5.75 Å². The highest BCUT2D eigenvalue weighted by molar-refractivity contribution is 5.73. The second-order valence-corrected chi connectivity index (χ2v) is 4.71. The van der Waals surface area contributed by atoms with Gasteiger partial charge >= 0.3 is 5.97 Å². The molecule has 0 atom stereocenters. The number of rotatable bonds is 4. The Kier molecular flexibility index (Phi) is 4.66. The average Bonchev–Trinajstić information content (AvgIpc) is 2.48. The molecule has 1 aromatic rings. The van der Waals surface area contributed by atoms with E-state index in [1.807, 2.05) is 25.1 Å². The molecule has 1 heterocycles. The van der Waals surface area contributed by atoms with Gasteiger partial charge in [-0.05, 0) is 31.9 Å². The molecule has 4 nitrogen and oxygen atoms in total. The Hall–Kier alpha value is -1.71. The number of benzene rings is 1. The van der Waals surface area contributed by atoms with Crippen molar-refractivity contribution in [3.63, 3.8) is 0 Å². The maximum Gasteiger partial charge on any atom is 0.309 e. The van der Waals surface area contributed by atoms with Crippen LogP contribution in [0.2, 0.25) is 0 Å². The number of anilines is 1. The van der Waals surface area contributed by atoms with Gasteiger partial charge in [0.2, 0.25) is 0 Å². The molecular weight excluding hydrogens is 242 g/mol. The first-order chi connectivity index (χ1) is 9.24. The lowest BCUT2D eigenvalue weighted by atomic mass is 9.96. The van der Waals surface area contributed by atoms with Crippen LogP contribution in [-0.4, -0.2) is 32.8 Å². The van der Waals surface area contributed by atoms with Gasteiger partial charge in [0.05, 0.1) is 19.6 Å². The maximum absolute atomic E-state index is 11.7. The summed E-state index contributed by atoms with van der Waals surface area (Å²) in [6.07, 6.45) is 1.71. The fraction of sp³-hybridized carbons (Fsp3) is 0.533. The van der Waals surface area contributed by atoms with E-state index in [-0.39, 0.29) is 11.9 Å². The molecule has 0 aliphatic carbocycles. The highest BCUT2D eigenvalue weighted by atomic mass is 16.5. The van der Waals surface area contributed by atoms with E-state index in [1.165, 1.54) is 0 Å². The van der Waals surface area contributed by atoms with Gasteiger partial charge in [-0.1, -0.05) is 6.07 Å². The Morgan fingerprint density at radius 3 is 2.74 bits per heavy atom. The summed E-state index contributed by atoms with van der Waals surface area (Å²) in [6, 6.07) is 8.04. The molecule has 1 aromatic carbocycles. The van der Waals surface area contributed by atoms with Gasteiger partial charge < -0.3 is 14.4 Å². The maximum atomic E-state index is 11.7. The molecule has 0 bridgehead atoms. The van der Waals surface area contributed by atoms with Crippen LogP contribution in [0.1, 0.15) is 19.8 Å². The van der Waals surface area contributed by atoms with Crippen molar-refractivity contribution >= 4 is 11.7 Å². The number of methoxy groups -OCH3 is 1. The van der Waals surface area contributed by atoms with E-state index in [0.717, 1.165) is 37.4 Å². The molecule has 2 rings (SSSR count). The number of hydrogen-bond acceptors (Lipinski definition) is 4. The number of carbonyl (C=O) groups excluding carboxylic acids is 1. The van der Waals surface area contributed by atoms with Crippen LogP contribution in [0, 0.1) is 5.92 Å². The second kappa shape index (κ2) is 6.45. The number of hydrogen-bond donors (Lipinski definition) is 0. The second-order valence-electron chi connectivity index (χ2n) is 4.71. The lowest BCUT2D eigenvalue weighted by molar-refractivity contribution is -0.148. The van der Waals surface area contributed by atoms with Gasteiger partial charge in [-0.3, -0.25) is 4.79 Å². The zero-order valence-electron chi connectivity index (χ0n) is 11.6. The highest BCUT2D eigenvalue weighted by Crippen LogP contribution is 2.26. The summed E-state index contributed by atoms with van der Waals surface area (Å²) in [5, 5.41) is 0. The molecule has 0 unspecified atom stereocenters. The summed E-state index contributed by atoms with van der Waals surface area (Å²) >= 11 is 0. The monoisotopic (exact) mass is 263 g/mol. The van der Waals surface area contributed by atoms with Crippen LogP contribution in [0.3, 0.4) is 0 Å². The third kappa shape index (κ3) is 3.40. The Balaban J connectivity index is 1.94. The molecule has 1 aliphatic heterocycles. The zero-order valence-corrected chi connectivity index (χ0v) is 11.6. The first kappa shape index (κ1) is 13.7. The summed E-state index contributed by atoms with van der Waals surface area (Å²) in [6.45, 7) is 4.09. The molecule has 0 amide bonds. The minimum atomic E-state index is -0.0483. The molecule has 0 radical (unpaired) electrons. The molecule has 104 valence electrons. The van der Waals surface area contributed by atoms with Gasteiger partial charge in [-0.25, -0.2) is 0 Å². The molecule has 0 aromatic heterocycles. The molecule has 4 heteroatoms. The first-order valence-corrected chi connectivity index (χ1v) is 6.80. The molecule has 0 N–H and O–H groups in total. The number of piperidine rings is 1. The van der Waals surface area contributed by atoms with Gasteiger partial charge in [0.1, 0.15) is 5.75 Å². The molecular formula is C15H21NO3. The van der Waals surface area contributed by atoms with Crippen molar-refractivity contribution in [1.82, 2.24) is 0 Å². The molecule has 1 aliphatic rings. The van der Waals surface area contributed by atoms with Crippen molar-refractivity contribution in [1.29, 1.82) is 0 Å². The Morgan fingerprint density at radius 2 is 2.11 bits per heavy atom. The van der Waals surface area contributed by atoms with Crippen molar-refractivity contribution < 1.29 is 14.3 Å². The predicted molar refractivity (Wildman–Crippen MR) is 74.6 cm³/mol. The number of carbonyl (C=O) groups is 1. The summed E-state index contributed by atoms with van der Waals surface area (Å²) < 4.78 is 10.3. The van der Waals surface area contributed by atoms with E-state index < -0.39 is 0 Å². The van der Waals surface area contributed by atoms with Gasteiger partial charge in [0.15, 0.2) is 0 Å². The van der Waals surface area contributed by atoms with Gasteiger partial charge in [-0.2, -0.15) is 0 Å². The Morgan fingerprint density at radius 1 is 1.37 bits per heavy atom. The van der Waals surface area contributed by atoms with E-state index in [1.54, 1.807) is 7.11 Å². The third-order valence-corrected chi connectivity index (χ3v) is 3.53. The van der Waals surface area contributed by atoms with Gasteiger partial charge in [0.25, 0.3) is 0 Å². The number of esters is 1. The topological polar surface area (TPSA) is 38.8 Å². The zero-order chi connectivity index (χ0) is 13.7. The van der Waals surface area contributed by atoms with Crippen LogP contribution in [-0.2, 0) is 9.53 Å². The van der Waals surface area contributed by atoms with Crippen LogP contribution in [0.25, 0.3) is 0 Å². The standard InChI is InChI=1S/C15H21NO3/c1-3-19-15(17)12-7-9-16(10-8-12)13-5-4-6-14(11-13)18-2/h4-6,11-12H,3,7-10H2,1-2H3. The normalized spacial score (nSPS) is 16.2. The molecule has 19 heavy (non-hydrogen) atoms. The lowest BCUT2D eigenvalue weighted by Crippen LogP contribution is -2.36. The highest BCUT2D eigenvalue weighted by Gasteiger charge is 2.26. The quantitative estimate of drug-likeness (QED) is 0.782. The number of nitrogens with zero attached hydrogens (tertiary/aromatic N) is 1. The summed E-state index contributed by atoms with van der Waals surface area (Å²) in [5.74, 6) is 0.875. The summed E-state index contributed by atoms with van der Waals surface area (Å²) in [7, 11) is 1.67. The molecule has 1 fully saturated rings. The fourth-order valence-electron chi connectivity index (χ4n) is 2.44. The van der Waals surface area contributed by atoms with Crippen molar-refractivity contribution in [2.45, 2.75) is 19.8 Å². The molecule has 1 saturated heterocycles. The van der Waals surface area contributed by atoms with E-state index in [2.05, 4.69) is 11.0 Å². The fourth-order valence-corrected chi connectivity index (χ4v) is 2.44. The summed E-state index contributed by atoms with van der Waals surface area (Å²) in [5.41, 5.74) is 1.15. The van der Waals surface area contributed by atoms with Crippen LogP contribution in [0.4, 0.5) is 5.69 Å². The van der Waals surface area contributed by atoms with Crippen molar-refractivity contribution in [2.75, 3.05) is 31.7 Å². The average molecular weight is 263 g/mol. The van der Waals surface area contributed by atoms with E-state index in [0.29, 0.717) is 6.61 Å². The Labute approximate surface area is 114 Å². The number of ether oxygens (including phenoxy) is 2. The summed E-state index contributed by atoms with van der Waals surface area (Å²) in [4.78, 5) is 14.0. The van der Waals surface area contributed by atoms with Crippen LogP contribution >= 0.6 is 0 Å². The smallest absolute Gasteiger partial charge is 0.309 e. The van der Waals surface area contributed by atoms with Crippen molar-refractivity contribution in [2.24, 2.45) is 5.92 Å². The SMILES string of the molecule is CCOC(=O)C1CCN(c2cccc(OC)c2)CC1. The van der Waals surface area contributed by atoms with Crippen LogP contribution in [0.15, 0.2) is 24.3 Å². The minimum Gasteiger partial charge on any atom is -0.497 e. The van der Waals surface area contributed by atoms with Gasteiger partial charge in [-0.15, -0.1) is 0 Å². The third-order valence-electron chi connectivity index (χ3n) is 3.53. The van der Waals surface area contributed by atoms with Gasteiger partial charge in [0, 0.05) is 24.8 Å². The predicted octanol–water partition coefficient (Wildman–Crippen LogP) is 2.47. The molecule has 0 saturated carbocycles. The minimum absolute atomic E-state index is 0.0483. The Bertz CT molecular complexity index is 425. The lowest BCUT2D eigenvalue weighted by Gasteiger charge is -2.32. The molecule has 0 spiro atoms. The van der Waals surface area contributed by atoms with E-state index >= 15 is 0 Å². The van der Waals surface area contributed by atoms with E-state index in [9.17, 15) is 4.79 Å². The van der Waals surface area contributed by atoms with Crippen molar-refractivity contribution in [3.05, 3.63) is 24.3 Å². The first-order valence-electron chi connectivity index (χ1n) is 6.80. The van der Waals surface area contributed by atoms with Crippen LogP contribution < -0.4 is 9.64 Å².